The molecule has 1 aliphatic heterocycles. The van der Waals surface area contributed by atoms with Gasteiger partial charge in [-0.2, -0.15) is 0 Å². The summed E-state index contributed by atoms with van der Waals surface area (Å²) in [6, 6.07) is 5.64. The van der Waals surface area contributed by atoms with Crippen molar-refractivity contribution in [2.45, 2.75) is 19.6 Å². The van der Waals surface area contributed by atoms with Crippen molar-refractivity contribution in [1.29, 1.82) is 0 Å². The summed E-state index contributed by atoms with van der Waals surface area (Å²) in [6.45, 7) is 2.68. The molecule has 0 radical (unpaired) electrons. The van der Waals surface area contributed by atoms with Gasteiger partial charge in [-0.15, -0.1) is 0 Å². The largest absolute Gasteiger partial charge is 0.392 e. The van der Waals surface area contributed by atoms with Crippen molar-refractivity contribution in [3.05, 3.63) is 33.8 Å². The maximum atomic E-state index is 11.8. The summed E-state index contributed by atoms with van der Waals surface area (Å²) in [5.41, 5.74) is 1.77. The average Bonchev–Trinajstić information content (AvgIpc) is 2.42. The van der Waals surface area contributed by atoms with Crippen LogP contribution in [-0.2, 0) is 6.54 Å². The van der Waals surface area contributed by atoms with E-state index < -0.39 is 6.10 Å². The first kappa shape index (κ1) is 10.6. The van der Waals surface area contributed by atoms with Gasteiger partial charge in [0.25, 0.3) is 5.91 Å². The van der Waals surface area contributed by atoms with E-state index in [1.807, 2.05) is 18.2 Å². The van der Waals surface area contributed by atoms with Gasteiger partial charge in [0.1, 0.15) is 0 Å². The van der Waals surface area contributed by atoms with Gasteiger partial charge in [-0.1, -0.05) is 15.9 Å². The third-order valence-corrected chi connectivity index (χ3v) is 2.92. The first-order valence-electron chi connectivity index (χ1n) is 4.83. The first-order valence-corrected chi connectivity index (χ1v) is 5.63. The van der Waals surface area contributed by atoms with Gasteiger partial charge in [-0.3, -0.25) is 4.79 Å². The topological polar surface area (TPSA) is 40.5 Å². The molecule has 0 aromatic heterocycles. The van der Waals surface area contributed by atoms with Crippen LogP contribution in [0.1, 0.15) is 22.8 Å². The van der Waals surface area contributed by atoms with Crippen LogP contribution in [-0.4, -0.2) is 28.6 Å². The van der Waals surface area contributed by atoms with E-state index in [-0.39, 0.29) is 5.91 Å². The molecule has 4 heteroatoms. The predicted molar refractivity (Wildman–Crippen MR) is 60.6 cm³/mol. The Morgan fingerprint density at radius 1 is 1.60 bits per heavy atom. The van der Waals surface area contributed by atoms with Crippen molar-refractivity contribution in [3.8, 4) is 0 Å². The Balaban J connectivity index is 2.25. The lowest BCUT2D eigenvalue weighted by Gasteiger charge is -2.16. The lowest BCUT2D eigenvalue weighted by molar-refractivity contribution is 0.0672. The van der Waals surface area contributed by atoms with Gasteiger partial charge >= 0.3 is 0 Å². The number of carbonyl (C=O) groups excluding carboxylic acids is 1. The summed E-state index contributed by atoms with van der Waals surface area (Å²) in [6.07, 6.45) is -0.480. The van der Waals surface area contributed by atoms with Crippen LogP contribution in [0.2, 0.25) is 0 Å². The number of carbonyl (C=O) groups is 1. The van der Waals surface area contributed by atoms with Crippen molar-refractivity contribution in [3.63, 3.8) is 0 Å². The Hall–Kier alpha value is -0.870. The molecular formula is C11H12BrNO2. The van der Waals surface area contributed by atoms with Crippen LogP contribution in [0.5, 0.6) is 0 Å². The van der Waals surface area contributed by atoms with E-state index in [0.29, 0.717) is 13.1 Å². The summed E-state index contributed by atoms with van der Waals surface area (Å²) in [5, 5.41) is 9.26. The number of hydrogen-bond acceptors (Lipinski definition) is 2. The fraction of sp³-hybridized carbons (Fsp3) is 0.364. The molecule has 0 bridgehead atoms. The van der Waals surface area contributed by atoms with Crippen LogP contribution in [0.3, 0.4) is 0 Å². The Labute approximate surface area is 96.8 Å². The minimum atomic E-state index is -0.480. The van der Waals surface area contributed by atoms with Crippen LogP contribution < -0.4 is 0 Å². The number of amides is 1. The molecule has 1 unspecified atom stereocenters. The Morgan fingerprint density at radius 2 is 2.33 bits per heavy atom. The lowest BCUT2D eigenvalue weighted by atomic mass is 10.1. The summed E-state index contributed by atoms with van der Waals surface area (Å²) >= 11 is 3.38. The van der Waals surface area contributed by atoms with Gasteiger partial charge in [-0.05, 0) is 30.7 Å². The van der Waals surface area contributed by atoms with Crippen LogP contribution in [0.25, 0.3) is 0 Å². The molecule has 0 saturated heterocycles. The molecule has 1 heterocycles. The average molecular weight is 270 g/mol. The minimum absolute atomic E-state index is 0.0124. The van der Waals surface area contributed by atoms with E-state index in [0.717, 1.165) is 15.6 Å². The molecule has 1 amide bonds. The normalized spacial score (nSPS) is 16.7. The first-order chi connectivity index (χ1) is 7.08. The summed E-state index contributed by atoms with van der Waals surface area (Å²) in [7, 11) is 0. The van der Waals surface area contributed by atoms with Gasteiger partial charge in [-0.25, -0.2) is 0 Å². The van der Waals surface area contributed by atoms with Crippen LogP contribution in [0.4, 0.5) is 0 Å². The number of fused-ring (bicyclic) bond motifs is 1. The standard InChI is InChI=1S/C11H12BrNO2/c1-7(14)5-13-6-8-4-9(12)2-3-10(8)11(13)15/h2-4,7,14H,5-6H2,1H3. The second kappa shape index (κ2) is 3.94. The summed E-state index contributed by atoms with van der Waals surface area (Å²) in [4.78, 5) is 13.5. The molecule has 0 spiro atoms. The molecule has 1 N–H and O–H groups in total. The van der Waals surface area contributed by atoms with Crippen molar-refractivity contribution >= 4 is 21.8 Å². The van der Waals surface area contributed by atoms with Crippen LogP contribution in [0.15, 0.2) is 22.7 Å². The van der Waals surface area contributed by atoms with Crippen molar-refractivity contribution in [2.75, 3.05) is 6.54 Å². The quantitative estimate of drug-likeness (QED) is 0.890. The molecule has 0 saturated carbocycles. The third kappa shape index (κ3) is 2.06. The number of hydrogen-bond donors (Lipinski definition) is 1. The van der Waals surface area contributed by atoms with Crippen molar-refractivity contribution in [1.82, 2.24) is 4.90 Å². The SMILES string of the molecule is CC(O)CN1Cc2cc(Br)ccc2C1=O. The molecular weight excluding hydrogens is 258 g/mol. The Bertz CT molecular complexity index is 404. The molecule has 2 rings (SSSR count). The van der Waals surface area contributed by atoms with Crippen molar-refractivity contribution in [2.24, 2.45) is 0 Å². The molecule has 1 atom stereocenters. The van der Waals surface area contributed by atoms with E-state index in [2.05, 4.69) is 15.9 Å². The molecule has 3 nitrogen and oxygen atoms in total. The molecule has 1 aromatic rings. The van der Waals surface area contributed by atoms with Gasteiger partial charge in [0.2, 0.25) is 0 Å². The highest BCUT2D eigenvalue weighted by atomic mass is 79.9. The number of benzene rings is 1. The number of nitrogens with zero attached hydrogens (tertiary/aromatic N) is 1. The van der Waals surface area contributed by atoms with E-state index in [9.17, 15) is 9.90 Å². The van der Waals surface area contributed by atoms with Crippen LogP contribution >= 0.6 is 15.9 Å². The smallest absolute Gasteiger partial charge is 0.254 e. The predicted octanol–water partition coefficient (Wildman–Crippen LogP) is 1.79. The fourth-order valence-corrected chi connectivity index (χ4v) is 2.22. The number of aliphatic hydroxyl groups excluding tert-OH is 1. The number of rotatable bonds is 2. The highest BCUT2D eigenvalue weighted by molar-refractivity contribution is 9.10. The molecule has 80 valence electrons. The maximum Gasteiger partial charge on any atom is 0.254 e. The Kier molecular flexibility index (Phi) is 2.80. The summed E-state index contributed by atoms with van der Waals surface area (Å²) in [5.74, 6) is 0.0124. The van der Waals surface area contributed by atoms with Gasteiger partial charge in [0.05, 0.1) is 6.10 Å². The van der Waals surface area contributed by atoms with E-state index in [1.165, 1.54) is 0 Å². The zero-order chi connectivity index (χ0) is 11.0. The van der Waals surface area contributed by atoms with E-state index in [1.54, 1.807) is 11.8 Å². The fourth-order valence-electron chi connectivity index (χ4n) is 1.82. The summed E-state index contributed by atoms with van der Waals surface area (Å²) < 4.78 is 0.980. The zero-order valence-corrected chi connectivity index (χ0v) is 9.99. The molecule has 0 fully saturated rings. The molecule has 1 aliphatic rings. The van der Waals surface area contributed by atoms with E-state index in [4.69, 9.17) is 0 Å². The second-order valence-corrected chi connectivity index (χ2v) is 4.75. The van der Waals surface area contributed by atoms with E-state index >= 15 is 0 Å². The third-order valence-electron chi connectivity index (χ3n) is 2.43. The molecule has 15 heavy (non-hydrogen) atoms. The zero-order valence-electron chi connectivity index (χ0n) is 8.40. The van der Waals surface area contributed by atoms with Gasteiger partial charge < -0.3 is 10.0 Å². The Morgan fingerprint density at radius 3 is 3.00 bits per heavy atom. The number of β-amino-alcohol motifs (C(OH)–C–C–N with tert-alkyl or cyclic N) is 1. The lowest BCUT2D eigenvalue weighted by Crippen LogP contribution is -2.31. The number of aliphatic hydroxyl groups is 1. The van der Waals surface area contributed by atoms with Gasteiger partial charge in [0.15, 0.2) is 0 Å². The monoisotopic (exact) mass is 269 g/mol. The van der Waals surface area contributed by atoms with Gasteiger partial charge in [0, 0.05) is 23.1 Å². The maximum absolute atomic E-state index is 11.8. The highest BCUT2D eigenvalue weighted by Gasteiger charge is 2.27. The molecule has 0 aliphatic carbocycles. The molecule has 1 aromatic carbocycles. The van der Waals surface area contributed by atoms with Crippen LogP contribution in [0, 0.1) is 0 Å². The highest BCUT2D eigenvalue weighted by Crippen LogP contribution is 2.25. The second-order valence-electron chi connectivity index (χ2n) is 3.84. The number of halogens is 1. The van der Waals surface area contributed by atoms with Crippen molar-refractivity contribution < 1.29 is 9.90 Å². The minimum Gasteiger partial charge on any atom is -0.392 e.